The highest BCUT2D eigenvalue weighted by molar-refractivity contribution is 5.68. The molecule has 1 atom stereocenters. The average Bonchev–Trinajstić information content (AvgIpc) is 1.97. The molecule has 3 nitrogen and oxygen atoms in total. The number of carbonyl (C=O) groups is 1. The van der Waals surface area contributed by atoms with Crippen LogP contribution in [0.1, 0.15) is 27.2 Å². The highest BCUT2D eigenvalue weighted by Gasteiger charge is 2.40. The fourth-order valence-electron chi connectivity index (χ4n) is 0.816. The summed E-state index contributed by atoms with van der Waals surface area (Å²) < 4.78 is 41.7. The van der Waals surface area contributed by atoms with Gasteiger partial charge in [0.25, 0.3) is 0 Å². The zero-order valence-corrected chi connectivity index (χ0v) is 9.31. The summed E-state index contributed by atoms with van der Waals surface area (Å²) in [6.45, 7) is 4.66. The summed E-state index contributed by atoms with van der Waals surface area (Å²) in [6.07, 6.45) is -1.55. The number of hydrogen-bond donors (Lipinski definition) is 1. The molecule has 0 radical (unpaired) electrons. The molecule has 1 N–H and O–H groups in total. The number of ether oxygens (including phenoxy) is 1. The van der Waals surface area contributed by atoms with E-state index in [4.69, 9.17) is 11.2 Å². The normalized spacial score (nSPS) is 13.8. The summed E-state index contributed by atoms with van der Waals surface area (Å²) in [4.78, 5) is 11.1. The summed E-state index contributed by atoms with van der Waals surface area (Å²) in [5.74, 6) is 1.85. The SMILES string of the molecule is C#CC[C@@H](NC(=O)OC(C)(C)C)C(F)(F)F. The number of carbonyl (C=O) groups excluding carboxylic acids is 1. The minimum Gasteiger partial charge on any atom is -0.444 e. The van der Waals surface area contributed by atoms with Crippen molar-refractivity contribution in [2.45, 2.75) is 45.0 Å². The van der Waals surface area contributed by atoms with Crippen molar-refractivity contribution in [3.8, 4) is 12.3 Å². The molecule has 0 bridgehead atoms. The van der Waals surface area contributed by atoms with E-state index >= 15 is 0 Å². The van der Waals surface area contributed by atoms with Crippen LogP contribution >= 0.6 is 0 Å². The monoisotopic (exact) mass is 237 g/mol. The van der Waals surface area contributed by atoms with Gasteiger partial charge in [-0.1, -0.05) is 0 Å². The summed E-state index contributed by atoms with van der Waals surface area (Å²) >= 11 is 0. The number of hydrogen-bond acceptors (Lipinski definition) is 2. The smallest absolute Gasteiger partial charge is 0.409 e. The summed E-state index contributed by atoms with van der Waals surface area (Å²) in [5.41, 5.74) is -0.851. The van der Waals surface area contributed by atoms with Crippen LogP contribution in [0.5, 0.6) is 0 Å². The van der Waals surface area contributed by atoms with Crippen LogP contribution in [0, 0.1) is 12.3 Å². The molecule has 0 rings (SSSR count). The van der Waals surface area contributed by atoms with E-state index < -0.39 is 30.3 Å². The lowest BCUT2D eigenvalue weighted by atomic mass is 10.2. The lowest BCUT2D eigenvalue weighted by Gasteiger charge is -2.24. The van der Waals surface area contributed by atoms with Gasteiger partial charge in [0.05, 0.1) is 0 Å². The first-order valence-electron chi connectivity index (χ1n) is 4.56. The molecular weight excluding hydrogens is 223 g/mol. The van der Waals surface area contributed by atoms with Crippen LogP contribution in [0.25, 0.3) is 0 Å². The van der Waals surface area contributed by atoms with Crippen molar-refractivity contribution < 1.29 is 22.7 Å². The molecule has 0 saturated carbocycles. The number of rotatable bonds is 2. The maximum absolute atomic E-state index is 12.3. The van der Waals surface area contributed by atoms with E-state index in [1.165, 1.54) is 0 Å². The fourth-order valence-corrected chi connectivity index (χ4v) is 0.816. The van der Waals surface area contributed by atoms with Crippen molar-refractivity contribution in [1.29, 1.82) is 0 Å². The van der Waals surface area contributed by atoms with Crippen LogP contribution in [0.4, 0.5) is 18.0 Å². The zero-order valence-electron chi connectivity index (χ0n) is 9.31. The molecule has 0 heterocycles. The standard InChI is InChI=1S/C10H14F3NO2/c1-5-6-7(10(11,12)13)14-8(15)16-9(2,3)4/h1,7H,6H2,2-4H3,(H,14,15)/t7-/m1/s1. The van der Waals surface area contributed by atoms with Crippen molar-refractivity contribution in [3.63, 3.8) is 0 Å². The van der Waals surface area contributed by atoms with E-state index in [2.05, 4.69) is 0 Å². The van der Waals surface area contributed by atoms with Crippen molar-refractivity contribution in [2.75, 3.05) is 0 Å². The third-order valence-corrected chi connectivity index (χ3v) is 1.41. The molecule has 0 aliphatic carbocycles. The highest BCUT2D eigenvalue weighted by Crippen LogP contribution is 2.22. The molecule has 0 fully saturated rings. The third-order valence-electron chi connectivity index (χ3n) is 1.41. The quantitative estimate of drug-likeness (QED) is 0.749. The molecule has 0 aromatic heterocycles. The summed E-state index contributed by atoms with van der Waals surface area (Å²) in [7, 11) is 0. The molecule has 0 saturated heterocycles. The van der Waals surface area contributed by atoms with Gasteiger partial charge in [-0.2, -0.15) is 13.2 Å². The molecule has 0 spiro atoms. The molecule has 92 valence electrons. The molecule has 1 amide bonds. The third kappa shape index (κ3) is 6.17. The first-order chi connectivity index (χ1) is 7.06. The van der Waals surface area contributed by atoms with E-state index in [0.717, 1.165) is 0 Å². The average molecular weight is 237 g/mol. The molecule has 0 aliphatic heterocycles. The number of alkyl halides is 3. The van der Waals surface area contributed by atoms with Crippen molar-refractivity contribution in [3.05, 3.63) is 0 Å². The number of alkyl carbamates (subject to hydrolysis) is 1. The predicted molar refractivity (Wildman–Crippen MR) is 52.7 cm³/mol. The van der Waals surface area contributed by atoms with E-state index in [1.54, 1.807) is 26.1 Å². The van der Waals surface area contributed by atoms with Crippen molar-refractivity contribution in [1.82, 2.24) is 5.32 Å². The number of halogens is 3. The van der Waals surface area contributed by atoms with Crippen LogP contribution in [0.3, 0.4) is 0 Å². The van der Waals surface area contributed by atoms with E-state index in [0.29, 0.717) is 0 Å². The molecular formula is C10H14F3NO2. The minimum absolute atomic E-state index is 0.622. The molecule has 0 aromatic carbocycles. The van der Waals surface area contributed by atoms with Crippen LogP contribution in [-0.2, 0) is 4.74 Å². The second kappa shape index (κ2) is 5.10. The maximum Gasteiger partial charge on any atom is 0.409 e. The van der Waals surface area contributed by atoms with Gasteiger partial charge in [0, 0.05) is 6.42 Å². The van der Waals surface area contributed by atoms with Crippen LogP contribution in [-0.4, -0.2) is 23.9 Å². The highest BCUT2D eigenvalue weighted by atomic mass is 19.4. The van der Waals surface area contributed by atoms with Crippen LogP contribution < -0.4 is 5.32 Å². The molecule has 0 unspecified atom stereocenters. The molecule has 0 aliphatic rings. The van der Waals surface area contributed by atoms with Gasteiger partial charge < -0.3 is 10.1 Å². The molecule has 0 aromatic rings. The van der Waals surface area contributed by atoms with Gasteiger partial charge >= 0.3 is 12.3 Å². The van der Waals surface area contributed by atoms with Gasteiger partial charge in [0.1, 0.15) is 11.6 Å². The summed E-state index contributed by atoms with van der Waals surface area (Å²) in [5, 5.41) is 1.69. The largest absolute Gasteiger partial charge is 0.444 e. The second-order valence-corrected chi connectivity index (χ2v) is 4.15. The van der Waals surface area contributed by atoms with Gasteiger partial charge in [-0.3, -0.25) is 0 Å². The Bertz CT molecular complexity index is 286. The van der Waals surface area contributed by atoms with E-state index in [-0.39, 0.29) is 0 Å². The Balaban J connectivity index is 4.43. The predicted octanol–water partition coefficient (Wildman–Crippen LogP) is 2.47. The first-order valence-corrected chi connectivity index (χ1v) is 4.56. The van der Waals surface area contributed by atoms with E-state index in [9.17, 15) is 18.0 Å². The first kappa shape index (κ1) is 14.6. The molecule has 16 heavy (non-hydrogen) atoms. The van der Waals surface area contributed by atoms with Gasteiger partial charge in [0.15, 0.2) is 0 Å². The van der Waals surface area contributed by atoms with Crippen molar-refractivity contribution in [2.24, 2.45) is 0 Å². The zero-order chi connectivity index (χ0) is 13.0. The Morgan fingerprint density at radius 1 is 1.44 bits per heavy atom. The van der Waals surface area contributed by atoms with Gasteiger partial charge in [-0.05, 0) is 20.8 Å². The van der Waals surface area contributed by atoms with Crippen LogP contribution in [0.15, 0.2) is 0 Å². The Morgan fingerprint density at radius 3 is 2.25 bits per heavy atom. The van der Waals surface area contributed by atoms with Gasteiger partial charge in [-0.25, -0.2) is 4.79 Å². The number of amides is 1. The van der Waals surface area contributed by atoms with Crippen LogP contribution in [0.2, 0.25) is 0 Å². The fraction of sp³-hybridized carbons (Fsp3) is 0.700. The Morgan fingerprint density at radius 2 is 1.94 bits per heavy atom. The number of nitrogens with one attached hydrogen (secondary N) is 1. The maximum atomic E-state index is 12.3. The van der Waals surface area contributed by atoms with Gasteiger partial charge in [-0.15, -0.1) is 12.3 Å². The Labute approximate surface area is 92.3 Å². The van der Waals surface area contributed by atoms with Gasteiger partial charge in [0.2, 0.25) is 0 Å². The van der Waals surface area contributed by atoms with Crippen molar-refractivity contribution >= 4 is 6.09 Å². The Kier molecular flexibility index (Phi) is 4.66. The Hall–Kier alpha value is -1.38. The topological polar surface area (TPSA) is 38.3 Å². The number of terminal acetylenes is 1. The summed E-state index contributed by atoms with van der Waals surface area (Å²) in [6, 6.07) is -2.08. The van der Waals surface area contributed by atoms with E-state index in [1.807, 2.05) is 5.92 Å². The minimum atomic E-state index is -4.58. The molecule has 6 heteroatoms. The second-order valence-electron chi connectivity index (χ2n) is 4.15. The lowest BCUT2D eigenvalue weighted by Crippen LogP contribution is -2.46. The lowest BCUT2D eigenvalue weighted by molar-refractivity contribution is -0.153.